The van der Waals surface area contributed by atoms with Crippen LogP contribution in [-0.2, 0) is 4.79 Å². The van der Waals surface area contributed by atoms with E-state index in [1.165, 1.54) is 6.42 Å². The molecule has 0 spiro atoms. The van der Waals surface area contributed by atoms with Crippen molar-refractivity contribution in [3.63, 3.8) is 0 Å². The van der Waals surface area contributed by atoms with Gasteiger partial charge in [0.1, 0.15) is 0 Å². The molecule has 11 heavy (non-hydrogen) atoms. The van der Waals surface area contributed by atoms with Gasteiger partial charge in [0, 0.05) is 5.41 Å². The molecule has 0 aromatic rings. The van der Waals surface area contributed by atoms with Gasteiger partial charge in [0.15, 0.2) is 0 Å². The smallest absolute Gasteiger partial charge is 0.223 e. The van der Waals surface area contributed by atoms with Crippen LogP contribution in [0, 0.1) is 11.3 Å². The number of hydrogen-bond donors (Lipinski definition) is 1. The lowest BCUT2D eigenvalue weighted by Crippen LogP contribution is -2.43. The largest absolute Gasteiger partial charge is 0.369 e. The van der Waals surface area contributed by atoms with Gasteiger partial charge in [0.05, 0.1) is 0 Å². The molecule has 2 N–H and O–H groups in total. The van der Waals surface area contributed by atoms with Gasteiger partial charge >= 0.3 is 0 Å². The summed E-state index contributed by atoms with van der Waals surface area (Å²) in [5.74, 6) is 0.500. The van der Waals surface area contributed by atoms with E-state index < -0.39 is 0 Å². The number of nitrogens with two attached hydrogens (primary N) is 1. The lowest BCUT2D eigenvalue weighted by atomic mass is 9.64. The highest BCUT2D eigenvalue weighted by atomic mass is 16.1. The fourth-order valence-corrected chi connectivity index (χ4v) is 1.94. The van der Waals surface area contributed by atoms with Crippen molar-refractivity contribution in [3.05, 3.63) is 0 Å². The van der Waals surface area contributed by atoms with Crippen molar-refractivity contribution in [2.75, 3.05) is 0 Å². The van der Waals surface area contributed by atoms with E-state index in [1.807, 2.05) is 0 Å². The molecule has 64 valence electrons. The van der Waals surface area contributed by atoms with E-state index in [2.05, 4.69) is 13.8 Å². The van der Waals surface area contributed by atoms with Crippen molar-refractivity contribution < 1.29 is 4.79 Å². The molecular formula is C9H17NO. The van der Waals surface area contributed by atoms with Crippen LogP contribution in [0.25, 0.3) is 0 Å². The third-order valence-electron chi connectivity index (χ3n) is 2.63. The van der Waals surface area contributed by atoms with E-state index in [1.54, 1.807) is 0 Å². The summed E-state index contributed by atoms with van der Waals surface area (Å²) in [5.41, 5.74) is 5.23. The molecule has 0 atom stereocenters. The second-order valence-electron chi connectivity index (χ2n) is 4.10. The highest BCUT2D eigenvalue weighted by Crippen LogP contribution is 2.45. The lowest BCUT2D eigenvalue weighted by molar-refractivity contribution is -0.133. The lowest BCUT2D eigenvalue weighted by Gasteiger charge is -2.40. The van der Waals surface area contributed by atoms with Crippen LogP contribution < -0.4 is 5.73 Å². The summed E-state index contributed by atoms with van der Waals surface area (Å²) in [6, 6.07) is 0. The summed E-state index contributed by atoms with van der Waals surface area (Å²) in [6.45, 7) is 4.28. The molecule has 0 radical (unpaired) electrons. The van der Waals surface area contributed by atoms with E-state index >= 15 is 0 Å². The third kappa shape index (κ3) is 1.55. The molecule has 1 saturated carbocycles. The average Bonchev–Trinajstić information content (AvgIpc) is 1.77. The van der Waals surface area contributed by atoms with Crippen LogP contribution in [0.3, 0.4) is 0 Å². The summed E-state index contributed by atoms with van der Waals surface area (Å²) in [4.78, 5) is 11.1. The Morgan fingerprint density at radius 2 is 2.09 bits per heavy atom. The van der Waals surface area contributed by atoms with Crippen molar-refractivity contribution in [2.24, 2.45) is 17.1 Å². The topological polar surface area (TPSA) is 43.1 Å². The summed E-state index contributed by atoms with van der Waals surface area (Å²) in [6.07, 6.45) is 4.18. The Morgan fingerprint density at radius 3 is 2.18 bits per heavy atom. The maximum absolute atomic E-state index is 11.1. The van der Waals surface area contributed by atoms with Crippen molar-refractivity contribution in [2.45, 2.75) is 39.5 Å². The molecule has 1 aliphatic carbocycles. The molecule has 0 bridgehead atoms. The van der Waals surface area contributed by atoms with Crippen molar-refractivity contribution in [1.29, 1.82) is 0 Å². The third-order valence-corrected chi connectivity index (χ3v) is 2.63. The molecule has 2 nitrogen and oxygen atoms in total. The van der Waals surface area contributed by atoms with E-state index in [0.717, 1.165) is 19.3 Å². The highest BCUT2D eigenvalue weighted by molar-refractivity contribution is 5.81. The Labute approximate surface area is 68.2 Å². The average molecular weight is 155 g/mol. The first kappa shape index (κ1) is 8.57. The second-order valence-corrected chi connectivity index (χ2v) is 4.10. The van der Waals surface area contributed by atoms with Crippen LogP contribution in [0.4, 0.5) is 0 Å². The zero-order valence-electron chi connectivity index (χ0n) is 7.39. The molecule has 0 unspecified atom stereocenters. The molecule has 0 aromatic carbocycles. The first-order valence-corrected chi connectivity index (χ1v) is 4.37. The van der Waals surface area contributed by atoms with E-state index in [-0.39, 0.29) is 11.3 Å². The SMILES string of the molecule is CC(C)CC1(C(N)=O)CCC1. The van der Waals surface area contributed by atoms with Gasteiger partial charge in [0.2, 0.25) is 5.91 Å². The number of rotatable bonds is 3. The predicted octanol–water partition coefficient (Wildman–Crippen LogP) is 1.69. The standard InChI is InChI=1S/C9H17NO/c1-7(2)6-9(8(10)11)4-3-5-9/h7H,3-6H2,1-2H3,(H2,10,11). The van der Waals surface area contributed by atoms with Crippen LogP contribution in [0.1, 0.15) is 39.5 Å². The minimum absolute atomic E-state index is 0.0857. The van der Waals surface area contributed by atoms with Crippen LogP contribution in [0.2, 0.25) is 0 Å². The maximum Gasteiger partial charge on any atom is 0.223 e. The number of carbonyl (C=O) groups is 1. The van der Waals surface area contributed by atoms with Gasteiger partial charge in [-0.15, -0.1) is 0 Å². The Bertz CT molecular complexity index is 159. The molecule has 2 heteroatoms. The van der Waals surface area contributed by atoms with Crippen LogP contribution in [0.15, 0.2) is 0 Å². The Morgan fingerprint density at radius 1 is 1.55 bits per heavy atom. The van der Waals surface area contributed by atoms with Crippen molar-refractivity contribution in [1.82, 2.24) is 0 Å². The Hall–Kier alpha value is -0.530. The fraction of sp³-hybridized carbons (Fsp3) is 0.889. The van der Waals surface area contributed by atoms with E-state index in [4.69, 9.17) is 5.73 Å². The van der Waals surface area contributed by atoms with E-state index in [9.17, 15) is 4.79 Å². The van der Waals surface area contributed by atoms with Gasteiger partial charge in [-0.2, -0.15) is 0 Å². The minimum Gasteiger partial charge on any atom is -0.369 e. The molecular weight excluding hydrogens is 138 g/mol. The fourth-order valence-electron chi connectivity index (χ4n) is 1.94. The molecule has 1 amide bonds. The molecule has 1 fully saturated rings. The molecule has 0 saturated heterocycles. The van der Waals surface area contributed by atoms with Gasteiger partial charge in [0.25, 0.3) is 0 Å². The molecule has 1 rings (SSSR count). The zero-order valence-corrected chi connectivity index (χ0v) is 7.39. The molecule has 0 aromatic heterocycles. The predicted molar refractivity (Wildman–Crippen MR) is 44.9 cm³/mol. The quantitative estimate of drug-likeness (QED) is 0.662. The normalized spacial score (nSPS) is 21.4. The Kier molecular flexibility index (Phi) is 2.21. The van der Waals surface area contributed by atoms with Crippen LogP contribution in [0.5, 0.6) is 0 Å². The van der Waals surface area contributed by atoms with Gasteiger partial charge < -0.3 is 5.73 Å². The minimum atomic E-state index is -0.117. The summed E-state index contributed by atoms with van der Waals surface area (Å²) in [7, 11) is 0. The van der Waals surface area contributed by atoms with Crippen LogP contribution >= 0.6 is 0 Å². The summed E-state index contributed by atoms with van der Waals surface area (Å²) in [5, 5.41) is 0. The van der Waals surface area contributed by atoms with Gasteiger partial charge in [-0.3, -0.25) is 4.79 Å². The number of primary amides is 1. The van der Waals surface area contributed by atoms with Crippen LogP contribution in [-0.4, -0.2) is 5.91 Å². The number of hydrogen-bond acceptors (Lipinski definition) is 1. The highest BCUT2D eigenvalue weighted by Gasteiger charge is 2.42. The summed E-state index contributed by atoms with van der Waals surface area (Å²) >= 11 is 0. The van der Waals surface area contributed by atoms with E-state index in [0.29, 0.717) is 5.92 Å². The van der Waals surface area contributed by atoms with Crippen molar-refractivity contribution >= 4 is 5.91 Å². The first-order chi connectivity index (χ1) is 5.07. The monoisotopic (exact) mass is 155 g/mol. The number of carbonyl (C=O) groups excluding carboxylic acids is 1. The Balaban J connectivity index is 2.54. The van der Waals surface area contributed by atoms with Gasteiger partial charge in [-0.25, -0.2) is 0 Å². The molecule has 0 heterocycles. The van der Waals surface area contributed by atoms with Gasteiger partial charge in [-0.05, 0) is 25.2 Å². The molecule has 0 aliphatic heterocycles. The second kappa shape index (κ2) is 2.84. The number of amides is 1. The first-order valence-electron chi connectivity index (χ1n) is 4.37. The summed E-state index contributed by atoms with van der Waals surface area (Å²) < 4.78 is 0. The van der Waals surface area contributed by atoms with Crippen molar-refractivity contribution in [3.8, 4) is 0 Å². The maximum atomic E-state index is 11.1. The molecule has 1 aliphatic rings. The van der Waals surface area contributed by atoms with Gasteiger partial charge in [-0.1, -0.05) is 20.3 Å². The zero-order chi connectivity index (χ0) is 8.48.